The number of furan rings is 1. The third-order valence-corrected chi connectivity index (χ3v) is 5.09. The third kappa shape index (κ3) is 3.27. The van der Waals surface area contributed by atoms with Gasteiger partial charge >= 0.3 is 0 Å². The summed E-state index contributed by atoms with van der Waals surface area (Å²) in [6.45, 7) is 3.35. The van der Waals surface area contributed by atoms with Crippen molar-refractivity contribution >= 4 is 16.9 Å². The van der Waals surface area contributed by atoms with Crippen molar-refractivity contribution < 1.29 is 13.6 Å². The zero-order valence-electron chi connectivity index (χ0n) is 15.2. The highest BCUT2D eigenvalue weighted by atomic mass is 19.1. The molecule has 0 bridgehead atoms. The van der Waals surface area contributed by atoms with E-state index in [4.69, 9.17) is 4.42 Å². The molecular weight excluding hydrogens is 347 g/mol. The van der Waals surface area contributed by atoms with Crippen molar-refractivity contribution in [2.24, 2.45) is 0 Å². The molecule has 5 nitrogen and oxygen atoms in total. The minimum absolute atomic E-state index is 0.147. The zero-order chi connectivity index (χ0) is 19.0. The van der Waals surface area contributed by atoms with Gasteiger partial charge in [-0.1, -0.05) is 12.1 Å². The van der Waals surface area contributed by atoms with Gasteiger partial charge in [-0.25, -0.2) is 4.39 Å². The van der Waals surface area contributed by atoms with Crippen molar-refractivity contribution in [1.82, 2.24) is 9.47 Å². The smallest absolute Gasteiger partial charge is 0.262 e. The van der Waals surface area contributed by atoms with Crippen LogP contribution in [-0.2, 0) is 6.54 Å². The fraction of sp³-hybridized carbons (Fsp3) is 0.333. The number of benzene rings is 1. The summed E-state index contributed by atoms with van der Waals surface area (Å²) in [5.41, 5.74) is 1.15. The van der Waals surface area contributed by atoms with Crippen LogP contribution in [-0.4, -0.2) is 28.5 Å². The number of rotatable bonds is 3. The molecule has 140 valence electrons. The van der Waals surface area contributed by atoms with Crippen molar-refractivity contribution in [1.29, 1.82) is 0 Å². The molecule has 1 aromatic carbocycles. The van der Waals surface area contributed by atoms with Gasteiger partial charge in [-0.3, -0.25) is 9.59 Å². The molecule has 0 unspecified atom stereocenters. The molecule has 27 heavy (non-hydrogen) atoms. The summed E-state index contributed by atoms with van der Waals surface area (Å²) < 4.78 is 20.6. The molecule has 1 aliphatic heterocycles. The highest BCUT2D eigenvalue weighted by molar-refractivity contribution is 6.06. The molecule has 4 rings (SSSR count). The number of carbonyl (C=O) groups excluding carboxylic acids is 1. The van der Waals surface area contributed by atoms with E-state index in [9.17, 15) is 14.0 Å². The quantitative estimate of drug-likeness (QED) is 0.708. The summed E-state index contributed by atoms with van der Waals surface area (Å²) >= 11 is 0. The van der Waals surface area contributed by atoms with Crippen molar-refractivity contribution in [3.63, 3.8) is 0 Å². The molecule has 3 heterocycles. The van der Waals surface area contributed by atoms with Gasteiger partial charge in [0.2, 0.25) is 0 Å². The number of hydrogen-bond acceptors (Lipinski definition) is 3. The SMILES string of the molecule is Cc1oc2ccn(Cc3cccc(F)c3)c(=O)c2c1C(=O)N1CCCCC1. The number of amides is 1. The molecule has 0 spiro atoms. The molecule has 0 saturated carbocycles. The summed E-state index contributed by atoms with van der Waals surface area (Å²) in [5, 5.41) is 0.307. The van der Waals surface area contributed by atoms with Crippen LogP contribution in [0.25, 0.3) is 11.0 Å². The molecule has 0 N–H and O–H groups in total. The maximum atomic E-state index is 13.5. The number of carbonyl (C=O) groups is 1. The third-order valence-electron chi connectivity index (χ3n) is 5.09. The minimum Gasteiger partial charge on any atom is -0.460 e. The predicted octanol–water partition coefficient (Wildman–Crippen LogP) is 3.72. The predicted molar refractivity (Wildman–Crippen MR) is 100 cm³/mol. The van der Waals surface area contributed by atoms with E-state index in [0.29, 0.717) is 40.9 Å². The Morgan fingerprint density at radius 1 is 1.19 bits per heavy atom. The molecule has 6 heteroatoms. The lowest BCUT2D eigenvalue weighted by atomic mass is 10.1. The molecule has 2 aromatic heterocycles. The van der Waals surface area contributed by atoms with Crippen molar-refractivity contribution in [3.8, 4) is 0 Å². The van der Waals surface area contributed by atoms with Crippen LogP contribution in [0.2, 0.25) is 0 Å². The van der Waals surface area contributed by atoms with Crippen LogP contribution in [0.3, 0.4) is 0 Å². The Morgan fingerprint density at radius 3 is 2.70 bits per heavy atom. The van der Waals surface area contributed by atoms with E-state index < -0.39 is 0 Å². The molecule has 0 aliphatic carbocycles. The van der Waals surface area contributed by atoms with Crippen LogP contribution in [0.5, 0.6) is 0 Å². The molecular formula is C21H21FN2O3. The first-order chi connectivity index (χ1) is 13.0. The van der Waals surface area contributed by atoms with Gasteiger partial charge in [0.15, 0.2) is 0 Å². The summed E-state index contributed by atoms with van der Waals surface area (Å²) in [6.07, 6.45) is 4.69. The van der Waals surface area contributed by atoms with E-state index in [0.717, 1.165) is 19.3 Å². The Kier molecular flexibility index (Phi) is 4.56. The van der Waals surface area contributed by atoms with Crippen LogP contribution in [0, 0.1) is 12.7 Å². The normalized spacial score (nSPS) is 14.7. The number of piperidine rings is 1. The van der Waals surface area contributed by atoms with Crippen molar-refractivity contribution in [2.45, 2.75) is 32.7 Å². The monoisotopic (exact) mass is 368 g/mol. The fourth-order valence-electron chi connectivity index (χ4n) is 3.73. The average Bonchev–Trinajstić information content (AvgIpc) is 3.01. The van der Waals surface area contributed by atoms with E-state index in [1.165, 1.54) is 16.7 Å². The van der Waals surface area contributed by atoms with Crippen LogP contribution in [0.15, 0.2) is 45.7 Å². The van der Waals surface area contributed by atoms with Gasteiger partial charge in [-0.2, -0.15) is 0 Å². The van der Waals surface area contributed by atoms with E-state index in [2.05, 4.69) is 0 Å². The number of aryl methyl sites for hydroxylation is 1. The number of pyridine rings is 1. The highest BCUT2D eigenvalue weighted by Crippen LogP contribution is 2.25. The lowest BCUT2D eigenvalue weighted by Crippen LogP contribution is -2.36. The van der Waals surface area contributed by atoms with E-state index in [-0.39, 0.29) is 23.8 Å². The molecule has 1 fully saturated rings. The van der Waals surface area contributed by atoms with Gasteiger partial charge in [0, 0.05) is 19.3 Å². The summed E-state index contributed by atoms with van der Waals surface area (Å²) in [5.74, 6) is -0.0329. The molecule has 0 atom stereocenters. The topological polar surface area (TPSA) is 55.5 Å². The van der Waals surface area contributed by atoms with E-state index in [1.54, 1.807) is 36.2 Å². The molecule has 0 radical (unpaired) electrons. The van der Waals surface area contributed by atoms with Crippen molar-refractivity contribution in [2.75, 3.05) is 13.1 Å². The molecule has 1 aliphatic rings. The Labute approximate surface area is 156 Å². The lowest BCUT2D eigenvalue weighted by Gasteiger charge is -2.26. The fourth-order valence-corrected chi connectivity index (χ4v) is 3.73. The molecule has 3 aromatic rings. The molecule has 1 amide bonds. The first kappa shape index (κ1) is 17.5. The second-order valence-corrected chi connectivity index (χ2v) is 7.00. The van der Waals surface area contributed by atoms with Gasteiger partial charge in [-0.05, 0) is 49.9 Å². The van der Waals surface area contributed by atoms with E-state index in [1.807, 2.05) is 0 Å². The van der Waals surface area contributed by atoms with Gasteiger partial charge in [0.05, 0.1) is 17.5 Å². The first-order valence-corrected chi connectivity index (χ1v) is 9.21. The maximum Gasteiger partial charge on any atom is 0.262 e. The maximum absolute atomic E-state index is 13.5. The van der Waals surface area contributed by atoms with E-state index >= 15 is 0 Å². The number of likely N-dealkylation sites (tertiary alicyclic amines) is 1. The van der Waals surface area contributed by atoms with Crippen LogP contribution < -0.4 is 5.56 Å². The minimum atomic E-state index is -0.346. The number of halogens is 1. The van der Waals surface area contributed by atoms with Gasteiger partial charge in [0.25, 0.3) is 11.5 Å². The Morgan fingerprint density at radius 2 is 1.96 bits per heavy atom. The number of nitrogens with zero attached hydrogens (tertiary/aromatic N) is 2. The molecule has 1 saturated heterocycles. The Bertz CT molecular complexity index is 1060. The van der Waals surface area contributed by atoms with Gasteiger partial charge in [-0.15, -0.1) is 0 Å². The lowest BCUT2D eigenvalue weighted by molar-refractivity contribution is 0.0724. The summed E-state index contributed by atoms with van der Waals surface area (Å²) in [7, 11) is 0. The zero-order valence-corrected chi connectivity index (χ0v) is 15.2. The average molecular weight is 368 g/mol. The number of aromatic nitrogens is 1. The van der Waals surface area contributed by atoms with Crippen LogP contribution in [0.4, 0.5) is 4.39 Å². The van der Waals surface area contributed by atoms with Gasteiger partial charge in [0.1, 0.15) is 17.2 Å². The van der Waals surface area contributed by atoms with Crippen molar-refractivity contribution in [3.05, 3.63) is 69.6 Å². The largest absolute Gasteiger partial charge is 0.460 e. The Hall–Kier alpha value is -2.89. The Balaban J connectivity index is 1.77. The highest BCUT2D eigenvalue weighted by Gasteiger charge is 2.26. The first-order valence-electron chi connectivity index (χ1n) is 9.21. The van der Waals surface area contributed by atoms with Crippen LogP contribution >= 0.6 is 0 Å². The van der Waals surface area contributed by atoms with Crippen LogP contribution in [0.1, 0.15) is 40.9 Å². The summed E-state index contributed by atoms with van der Waals surface area (Å²) in [4.78, 5) is 27.9. The second kappa shape index (κ2) is 7.02. The second-order valence-electron chi connectivity index (χ2n) is 7.00. The number of hydrogen-bond donors (Lipinski definition) is 0. The summed E-state index contributed by atoms with van der Waals surface area (Å²) in [6, 6.07) is 7.83. The number of fused-ring (bicyclic) bond motifs is 1. The van der Waals surface area contributed by atoms with Gasteiger partial charge < -0.3 is 13.9 Å². The standard InChI is InChI=1S/C21H21FN2O3/c1-14-18(20(25)23-9-3-2-4-10-23)19-17(27-14)8-11-24(21(19)26)13-15-6-5-7-16(22)12-15/h5-8,11-12H,2-4,9-10,13H2,1H3.